The van der Waals surface area contributed by atoms with Gasteiger partial charge in [0.25, 0.3) is 5.91 Å². The van der Waals surface area contributed by atoms with E-state index in [0.717, 1.165) is 6.54 Å². The number of amides is 1. The van der Waals surface area contributed by atoms with Gasteiger partial charge in [0.2, 0.25) is 0 Å². The van der Waals surface area contributed by atoms with Crippen LogP contribution in [0.25, 0.3) is 0 Å². The summed E-state index contributed by atoms with van der Waals surface area (Å²) in [6, 6.07) is 1.63. The highest BCUT2D eigenvalue weighted by Crippen LogP contribution is 2.17. The number of aromatic nitrogens is 1. The summed E-state index contributed by atoms with van der Waals surface area (Å²) in [6.07, 6.45) is 2.80. The van der Waals surface area contributed by atoms with Gasteiger partial charge in [-0.25, -0.2) is 0 Å². The Balaban J connectivity index is 2.89. The van der Waals surface area contributed by atoms with Crippen LogP contribution in [-0.4, -0.2) is 59.0 Å². The number of carbonyl (C=O) groups is 1. The third-order valence-electron chi connectivity index (χ3n) is 2.79. The van der Waals surface area contributed by atoms with Gasteiger partial charge in [0.1, 0.15) is 5.75 Å². The third kappa shape index (κ3) is 3.43. The minimum Gasteiger partial charge on any atom is -0.505 e. The smallest absolute Gasteiger partial charge is 0.258 e. The van der Waals surface area contributed by atoms with Gasteiger partial charge in [-0.15, -0.1) is 0 Å². The Kier molecular flexibility index (Phi) is 5.09. The monoisotopic (exact) mass is 251 g/mol. The molecule has 5 heteroatoms. The minimum atomic E-state index is -0.160. The zero-order valence-corrected chi connectivity index (χ0v) is 11.4. The molecule has 0 bridgehead atoms. The van der Waals surface area contributed by atoms with Crippen LogP contribution in [0.15, 0.2) is 18.5 Å². The first-order valence-corrected chi connectivity index (χ1v) is 6.06. The van der Waals surface area contributed by atoms with Gasteiger partial charge in [-0.2, -0.15) is 0 Å². The molecule has 1 rings (SSSR count). The van der Waals surface area contributed by atoms with Crippen LogP contribution in [0.4, 0.5) is 0 Å². The fourth-order valence-electron chi connectivity index (χ4n) is 2.00. The second-order valence-corrected chi connectivity index (χ2v) is 4.60. The highest BCUT2D eigenvalue weighted by molar-refractivity contribution is 5.96. The summed E-state index contributed by atoms with van der Waals surface area (Å²) in [5, 5.41) is 9.67. The average molecular weight is 251 g/mol. The lowest BCUT2D eigenvalue weighted by Gasteiger charge is -2.30. The van der Waals surface area contributed by atoms with E-state index < -0.39 is 0 Å². The lowest BCUT2D eigenvalue weighted by molar-refractivity contribution is 0.0676. The van der Waals surface area contributed by atoms with Gasteiger partial charge in [-0.1, -0.05) is 0 Å². The molecule has 0 radical (unpaired) electrons. The van der Waals surface area contributed by atoms with E-state index in [9.17, 15) is 9.90 Å². The van der Waals surface area contributed by atoms with E-state index in [1.807, 2.05) is 32.8 Å². The summed E-state index contributed by atoms with van der Waals surface area (Å²) >= 11 is 0. The molecular formula is C13H21N3O2. The highest BCUT2D eigenvalue weighted by atomic mass is 16.3. The SMILES string of the molecule is CCN(C(=O)c1ccncc1O)C(C)CN(C)C. The Hall–Kier alpha value is -1.62. The molecule has 1 atom stereocenters. The zero-order valence-electron chi connectivity index (χ0n) is 11.4. The summed E-state index contributed by atoms with van der Waals surface area (Å²) in [4.78, 5) is 19.9. The summed E-state index contributed by atoms with van der Waals surface area (Å²) < 4.78 is 0. The molecule has 0 saturated carbocycles. The van der Waals surface area contributed by atoms with Gasteiger partial charge in [0, 0.05) is 25.3 Å². The number of likely N-dealkylation sites (N-methyl/N-ethyl adjacent to an activating group) is 2. The van der Waals surface area contributed by atoms with Crippen LogP contribution in [0.3, 0.4) is 0 Å². The number of carbonyl (C=O) groups excluding carboxylic acids is 1. The molecular weight excluding hydrogens is 230 g/mol. The molecule has 18 heavy (non-hydrogen) atoms. The standard InChI is InChI=1S/C13H21N3O2/c1-5-16(10(2)9-15(3)4)13(18)11-6-7-14-8-12(11)17/h6-8,10,17H,5,9H2,1-4H3. The van der Waals surface area contributed by atoms with E-state index in [2.05, 4.69) is 4.98 Å². The predicted molar refractivity (Wildman–Crippen MR) is 70.6 cm³/mol. The Morgan fingerprint density at radius 1 is 1.50 bits per heavy atom. The molecule has 1 heterocycles. The maximum absolute atomic E-state index is 12.3. The van der Waals surface area contributed by atoms with Crippen LogP contribution in [0.5, 0.6) is 5.75 Å². The fourth-order valence-corrected chi connectivity index (χ4v) is 2.00. The van der Waals surface area contributed by atoms with Crippen LogP contribution >= 0.6 is 0 Å². The fraction of sp³-hybridized carbons (Fsp3) is 0.538. The van der Waals surface area contributed by atoms with E-state index in [1.54, 1.807) is 11.0 Å². The van der Waals surface area contributed by atoms with Crippen LogP contribution in [-0.2, 0) is 0 Å². The lowest BCUT2D eigenvalue weighted by atomic mass is 10.1. The number of pyridine rings is 1. The molecule has 0 aliphatic carbocycles. The first kappa shape index (κ1) is 14.4. The first-order chi connectivity index (χ1) is 8.47. The molecule has 0 aliphatic heterocycles. The summed E-state index contributed by atoms with van der Waals surface area (Å²) in [5.74, 6) is -0.232. The molecule has 1 aromatic heterocycles. The van der Waals surface area contributed by atoms with Crippen molar-refractivity contribution < 1.29 is 9.90 Å². The second kappa shape index (κ2) is 6.35. The molecule has 1 amide bonds. The molecule has 0 fully saturated rings. The Morgan fingerprint density at radius 2 is 2.17 bits per heavy atom. The van der Waals surface area contributed by atoms with Crippen LogP contribution in [0.2, 0.25) is 0 Å². The number of rotatable bonds is 5. The van der Waals surface area contributed by atoms with Gasteiger partial charge in [-0.3, -0.25) is 9.78 Å². The van der Waals surface area contributed by atoms with Gasteiger partial charge in [0.15, 0.2) is 0 Å². The third-order valence-corrected chi connectivity index (χ3v) is 2.79. The van der Waals surface area contributed by atoms with Crippen molar-refractivity contribution in [3.05, 3.63) is 24.0 Å². The molecule has 0 aliphatic rings. The van der Waals surface area contributed by atoms with Crippen molar-refractivity contribution in [2.24, 2.45) is 0 Å². The first-order valence-electron chi connectivity index (χ1n) is 6.06. The van der Waals surface area contributed by atoms with Crippen molar-refractivity contribution >= 4 is 5.91 Å². The van der Waals surface area contributed by atoms with Gasteiger partial charge >= 0.3 is 0 Å². The average Bonchev–Trinajstić information content (AvgIpc) is 2.29. The van der Waals surface area contributed by atoms with Crippen LogP contribution < -0.4 is 0 Å². The second-order valence-electron chi connectivity index (χ2n) is 4.60. The number of nitrogens with zero attached hydrogens (tertiary/aromatic N) is 3. The van der Waals surface area contributed by atoms with Gasteiger partial charge in [0.05, 0.1) is 11.8 Å². The van der Waals surface area contributed by atoms with Crippen molar-refractivity contribution in [2.45, 2.75) is 19.9 Å². The molecule has 0 saturated heterocycles. The van der Waals surface area contributed by atoms with Crippen molar-refractivity contribution in [2.75, 3.05) is 27.2 Å². The quantitative estimate of drug-likeness (QED) is 0.854. The lowest BCUT2D eigenvalue weighted by Crippen LogP contribution is -2.43. The largest absolute Gasteiger partial charge is 0.505 e. The molecule has 100 valence electrons. The maximum atomic E-state index is 12.3. The zero-order chi connectivity index (χ0) is 13.7. The predicted octanol–water partition coefficient (Wildman–Crippen LogP) is 1.20. The number of hydrogen-bond donors (Lipinski definition) is 1. The molecule has 1 N–H and O–H groups in total. The van der Waals surface area contributed by atoms with E-state index in [-0.39, 0.29) is 17.7 Å². The van der Waals surface area contributed by atoms with Crippen LogP contribution in [0.1, 0.15) is 24.2 Å². The topological polar surface area (TPSA) is 56.7 Å². The van der Waals surface area contributed by atoms with Gasteiger partial charge < -0.3 is 14.9 Å². The van der Waals surface area contributed by atoms with Crippen molar-refractivity contribution in [3.63, 3.8) is 0 Å². The van der Waals surface area contributed by atoms with E-state index in [0.29, 0.717) is 12.1 Å². The molecule has 0 aromatic carbocycles. The van der Waals surface area contributed by atoms with Crippen molar-refractivity contribution in [1.82, 2.24) is 14.8 Å². The van der Waals surface area contributed by atoms with Crippen molar-refractivity contribution in [1.29, 1.82) is 0 Å². The van der Waals surface area contributed by atoms with E-state index in [1.165, 1.54) is 12.4 Å². The number of hydrogen-bond acceptors (Lipinski definition) is 4. The Morgan fingerprint density at radius 3 is 2.67 bits per heavy atom. The maximum Gasteiger partial charge on any atom is 0.258 e. The summed E-state index contributed by atoms with van der Waals surface area (Å²) in [6.45, 7) is 5.32. The van der Waals surface area contributed by atoms with E-state index >= 15 is 0 Å². The molecule has 1 aromatic rings. The normalized spacial score (nSPS) is 12.5. The van der Waals surface area contributed by atoms with E-state index in [4.69, 9.17) is 0 Å². The van der Waals surface area contributed by atoms with Gasteiger partial charge in [-0.05, 0) is 34.0 Å². The van der Waals surface area contributed by atoms with Crippen molar-refractivity contribution in [3.8, 4) is 5.75 Å². The Bertz CT molecular complexity index is 407. The number of aromatic hydroxyl groups is 1. The minimum absolute atomic E-state index is 0.0713. The molecule has 0 spiro atoms. The molecule has 1 unspecified atom stereocenters. The molecule has 5 nitrogen and oxygen atoms in total. The summed E-state index contributed by atoms with van der Waals surface area (Å²) in [5.41, 5.74) is 0.303. The highest BCUT2D eigenvalue weighted by Gasteiger charge is 2.22. The Labute approximate surface area is 108 Å². The summed E-state index contributed by atoms with van der Waals surface area (Å²) in [7, 11) is 3.94. The van der Waals surface area contributed by atoms with Crippen LogP contribution in [0, 0.1) is 0 Å².